The van der Waals surface area contributed by atoms with Gasteiger partial charge < -0.3 is 9.32 Å². The van der Waals surface area contributed by atoms with Crippen molar-refractivity contribution in [2.24, 2.45) is 0 Å². The van der Waals surface area contributed by atoms with Gasteiger partial charge >= 0.3 is 0 Å². The molecule has 0 radical (unpaired) electrons. The average Bonchev–Trinajstić information content (AvgIpc) is 3.16. The van der Waals surface area contributed by atoms with Crippen LogP contribution >= 0.6 is 0 Å². The van der Waals surface area contributed by atoms with Crippen LogP contribution in [0.5, 0.6) is 0 Å². The fraction of sp³-hybridized carbons (Fsp3) is 0.176. The molecule has 5 heteroatoms. The number of carbonyl (C=O) groups is 1. The molecule has 1 amide bonds. The number of hydrogen-bond donors (Lipinski definition) is 1. The normalized spacial score (nSPS) is 10.6. The minimum Gasteiger partial charge on any atom is -0.459 e. The minimum absolute atomic E-state index is 0.136. The maximum absolute atomic E-state index is 12.4. The van der Waals surface area contributed by atoms with Gasteiger partial charge in [0.15, 0.2) is 5.76 Å². The van der Waals surface area contributed by atoms with Crippen molar-refractivity contribution < 1.29 is 9.21 Å². The molecule has 2 aromatic heterocycles. The number of hydrogen-bond acceptors (Lipinski definition) is 3. The first-order chi connectivity index (χ1) is 10.7. The van der Waals surface area contributed by atoms with E-state index in [1.807, 2.05) is 37.3 Å². The first kappa shape index (κ1) is 14.1. The molecule has 0 unspecified atom stereocenters. The van der Waals surface area contributed by atoms with Gasteiger partial charge in [0.25, 0.3) is 5.91 Å². The summed E-state index contributed by atoms with van der Waals surface area (Å²) < 4.78 is 5.27. The molecule has 1 aromatic carbocycles. The number of nitrogens with one attached hydrogen (secondary N) is 1. The van der Waals surface area contributed by atoms with Crippen molar-refractivity contribution >= 4 is 5.91 Å². The van der Waals surface area contributed by atoms with Gasteiger partial charge in [-0.25, -0.2) is 0 Å². The van der Waals surface area contributed by atoms with E-state index >= 15 is 0 Å². The zero-order valence-electron chi connectivity index (χ0n) is 12.5. The lowest BCUT2D eigenvalue weighted by Gasteiger charge is -2.16. The summed E-state index contributed by atoms with van der Waals surface area (Å²) in [6.07, 6.45) is 3.28. The van der Waals surface area contributed by atoms with Gasteiger partial charge in [-0.2, -0.15) is 5.10 Å². The molecule has 0 atom stereocenters. The number of carbonyl (C=O) groups excluding carboxylic acids is 1. The van der Waals surface area contributed by atoms with E-state index in [4.69, 9.17) is 4.42 Å². The summed E-state index contributed by atoms with van der Waals surface area (Å²) in [5, 5.41) is 7.11. The lowest BCUT2D eigenvalue weighted by atomic mass is 10.1. The van der Waals surface area contributed by atoms with Gasteiger partial charge in [0, 0.05) is 24.7 Å². The second-order valence-corrected chi connectivity index (χ2v) is 5.23. The first-order valence-corrected chi connectivity index (χ1v) is 7.04. The van der Waals surface area contributed by atoms with Crippen molar-refractivity contribution in [3.8, 4) is 11.3 Å². The molecule has 0 bridgehead atoms. The van der Waals surface area contributed by atoms with Crippen LogP contribution in [0, 0.1) is 6.92 Å². The lowest BCUT2D eigenvalue weighted by Crippen LogP contribution is -2.26. The SMILES string of the molecule is Cc1ccoc1C(=O)N(C)Cc1cn[nH]c1-c1ccccc1. The van der Waals surface area contributed by atoms with Gasteiger partial charge in [-0.1, -0.05) is 30.3 Å². The maximum Gasteiger partial charge on any atom is 0.289 e. The van der Waals surface area contributed by atoms with E-state index in [1.165, 1.54) is 6.26 Å². The molecular formula is C17H17N3O2. The zero-order valence-corrected chi connectivity index (χ0v) is 12.5. The Balaban J connectivity index is 1.81. The standard InChI is InChI=1S/C17H17N3O2/c1-12-8-9-22-16(12)17(21)20(2)11-14-10-18-19-15(14)13-6-4-3-5-7-13/h3-10H,11H2,1-2H3,(H,18,19). The molecule has 0 saturated heterocycles. The summed E-state index contributed by atoms with van der Waals surface area (Å²) in [5.74, 6) is 0.245. The smallest absolute Gasteiger partial charge is 0.289 e. The highest BCUT2D eigenvalue weighted by molar-refractivity contribution is 5.92. The summed E-state index contributed by atoms with van der Waals surface area (Å²) in [4.78, 5) is 14.0. The Morgan fingerprint density at radius 3 is 2.73 bits per heavy atom. The molecule has 3 aromatic rings. The lowest BCUT2D eigenvalue weighted by molar-refractivity contribution is 0.0752. The summed E-state index contributed by atoms with van der Waals surface area (Å²) in [7, 11) is 1.76. The molecule has 0 aliphatic heterocycles. The van der Waals surface area contributed by atoms with E-state index in [2.05, 4.69) is 10.2 Å². The van der Waals surface area contributed by atoms with Crippen LogP contribution in [-0.4, -0.2) is 28.1 Å². The molecule has 0 aliphatic rings. The van der Waals surface area contributed by atoms with E-state index in [9.17, 15) is 4.79 Å². The van der Waals surface area contributed by atoms with E-state index in [-0.39, 0.29) is 5.91 Å². The van der Waals surface area contributed by atoms with E-state index < -0.39 is 0 Å². The molecule has 22 heavy (non-hydrogen) atoms. The largest absolute Gasteiger partial charge is 0.459 e. The molecule has 112 valence electrons. The predicted octanol–water partition coefficient (Wildman–Crippen LogP) is 3.25. The van der Waals surface area contributed by atoms with E-state index in [1.54, 1.807) is 24.2 Å². The Bertz CT molecular complexity index is 774. The second kappa shape index (κ2) is 5.89. The number of aryl methyl sites for hydroxylation is 1. The van der Waals surface area contributed by atoms with Crippen LogP contribution in [0.25, 0.3) is 11.3 Å². The molecule has 2 heterocycles. The van der Waals surface area contributed by atoms with Gasteiger partial charge in [-0.3, -0.25) is 9.89 Å². The maximum atomic E-state index is 12.4. The molecular weight excluding hydrogens is 278 g/mol. The van der Waals surface area contributed by atoms with Gasteiger partial charge in [-0.05, 0) is 18.6 Å². The van der Waals surface area contributed by atoms with Gasteiger partial charge in [0.2, 0.25) is 0 Å². The molecule has 5 nitrogen and oxygen atoms in total. The van der Waals surface area contributed by atoms with Crippen LogP contribution in [-0.2, 0) is 6.54 Å². The quantitative estimate of drug-likeness (QED) is 0.803. The van der Waals surface area contributed by atoms with Gasteiger partial charge in [0.05, 0.1) is 18.2 Å². The topological polar surface area (TPSA) is 62.1 Å². The van der Waals surface area contributed by atoms with Gasteiger partial charge in [0.1, 0.15) is 0 Å². The van der Waals surface area contributed by atoms with Crippen LogP contribution < -0.4 is 0 Å². The summed E-state index contributed by atoms with van der Waals surface area (Å²) in [6, 6.07) is 11.7. The fourth-order valence-corrected chi connectivity index (χ4v) is 2.38. The number of aromatic nitrogens is 2. The number of benzene rings is 1. The van der Waals surface area contributed by atoms with Crippen molar-refractivity contribution in [1.29, 1.82) is 0 Å². The first-order valence-electron chi connectivity index (χ1n) is 7.04. The third-order valence-corrected chi connectivity index (χ3v) is 3.59. The van der Waals surface area contributed by atoms with E-state index in [0.717, 1.165) is 22.4 Å². The zero-order chi connectivity index (χ0) is 15.5. The summed E-state index contributed by atoms with van der Waals surface area (Å²) in [5.41, 5.74) is 3.78. The summed E-state index contributed by atoms with van der Waals surface area (Å²) >= 11 is 0. The fourth-order valence-electron chi connectivity index (χ4n) is 2.38. The highest BCUT2D eigenvalue weighted by atomic mass is 16.3. The highest BCUT2D eigenvalue weighted by Crippen LogP contribution is 2.22. The summed E-state index contributed by atoms with van der Waals surface area (Å²) in [6.45, 7) is 2.32. The third-order valence-electron chi connectivity index (χ3n) is 3.59. The highest BCUT2D eigenvalue weighted by Gasteiger charge is 2.19. The van der Waals surface area contributed by atoms with Crippen molar-refractivity contribution in [1.82, 2.24) is 15.1 Å². The second-order valence-electron chi connectivity index (χ2n) is 5.23. The Morgan fingerprint density at radius 1 is 1.27 bits per heavy atom. The Hall–Kier alpha value is -2.82. The number of nitrogens with zero attached hydrogens (tertiary/aromatic N) is 2. The van der Waals surface area contributed by atoms with Gasteiger partial charge in [-0.15, -0.1) is 0 Å². The Morgan fingerprint density at radius 2 is 2.05 bits per heavy atom. The molecule has 0 aliphatic carbocycles. The van der Waals surface area contributed by atoms with Crippen LogP contribution in [0.1, 0.15) is 21.7 Å². The monoisotopic (exact) mass is 295 g/mol. The molecule has 0 fully saturated rings. The number of furan rings is 1. The number of H-pyrrole nitrogens is 1. The minimum atomic E-state index is -0.136. The number of amides is 1. The van der Waals surface area contributed by atoms with Crippen molar-refractivity contribution in [2.75, 3.05) is 7.05 Å². The van der Waals surface area contributed by atoms with Crippen molar-refractivity contribution in [2.45, 2.75) is 13.5 Å². The molecule has 0 saturated carbocycles. The van der Waals surface area contributed by atoms with E-state index in [0.29, 0.717) is 12.3 Å². The van der Waals surface area contributed by atoms with Crippen LogP contribution in [0.15, 0.2) is 53.3 Å². The number of aromatic amines is 1. The molecule has 3 rings (SSSR count). The van der Waals surface area contributed by atoms with Crippen molar-refractivity contribution in [3.05, 3.63) is 65.7 Å². The number of rotatable bonds is 4. The predicted molar refractivity (Wildman–Crippen MR) is 83.3 cm³/mol. The van der Waals surface area contributed by atoms with Crippen molar-refractivity contribution in [3.63, 3.8) is 0 Å². The average molecular weight is 295 g/mol. The van der Waals surface area contributed by atoms with Crippen LogP contribution in [0.3, 0.4) is 0 Å². The Kier molecular flexibility index (Phi) is 3.78. The third kappa shape index (κ3) is 2.65. The Labute approximate surface area is 128 Å². The molecule has 1 N–H and O–H groups in total. The van der Waals surface area contributed by atoms with Crippen LogP contribution in [0.4, 0.5) is 0 Å². The van der Waals surface area contributed by atoms with Crippen LogP contribution in [0.2, 0.25) is 0 Å². The molecule has 0 spiro atoms.